The summed E-state index contributed by atoms with van der Waals surface area (Å²) in [5, 5.41) is 0. The van der Waals surface area contributed by atoms with E-state index in [0.717, 1.165) is 16.9 Å². The van der Waals surface area contributed by atoms with Gasteiger partial charge in [-0.25, -0.2) is 0 Å². The van der Waals surface area contributed by atoms with Crippen molar-refractivity contribution in [1.29, 1.82) is 0 Å². The number of para-hydroxylation sites is 1. The highest BCUT2D eigenvalue weighted by Gasteiger charge is 1.98. The third-order valence-corrected chi connectivity index (χ3v) is 2.70. The molecule has 86 valence electrons. The molecule has 1 nitrogen and oxygen atoms in total. The van der Waals surface area contributed by atoms with Crippen LogP contribution in [0.2, 0.25) is 0 Å². The first-order valence-electron chi connectivity index (χ1n) is 5.69. The maximum Gasteiger partial charge on any atom is 0.122 e. The molecule has 0 aliphatic heterocycles. The highest BCUT2D eigenvalue weighted by Crippen LogP contribution is 2.18. The predicted molar refractivity (Wildman–Crippen MR) is 72.0 cm³/mol. The fourth-order valence-corrected chi connectivity index (χ4v) is 1.63. The molecule has 0 aromatic heterocycles. The lowest BCUT2D eigenvalue weighted by molar-refractivity contribution is 0.304. The van der Waals surface area contributed by atoms with E-state index in [1.54, 1.807) is 0 Å². The zero-order valence-corrected chi connectivity index (χ0v) is 10.0. The van der Waals surface area contributed by atoms with Gasteiger partial charge in [-0.1, -0.05) is 55.1 Å². The molecular weight excluding hydrogens is 208 g/mol. The topological polar surface area (TPSA) is 9.23 Å². The standard InChI is InChI=1S/C16H16O/c1-3-14-8-10-15(11-9-14)12-17-16-7-5-4-6-13(16)2/h3-11H,1,12H2,2H3. The molecule has 0 heterocycles. The Kier molecular flexibility index (Phi) is 3.61. The van der Waals surface area contributed by atoms with Crippen LogP contribution in [-0.2, 0) is 6.61 Å². The number of hydrogen-bond donors (Lipinski definition) is 0. The van der Waals surface area contributed by atoms with Gasteiger partial charge in [-0.3, -0.25) is 0 Å². The van der Waals surface area contributed by atoms with Crippen LogP contribution in [0.3, 0.4) is 0 Å². The third-order valence-electron chi connectivity index (χ3n) is 2.70. The Balaban J connectivity index is 2.02. The van der Waals surface area contributed by atoms with Gasteiger partial charge in [-0.2, -0.15) is 0 Å². The molecule has 1 heteroatoms. The summed E-state index contributed by atoms with van der Waals surface area (Å²) < 4.78 is 5.77. The van der Waals surface area contributed by atoms with Crippen LogP contribution in [-0.4, -0.2) is 0 Å². The van der Waals surface area contributed by atoms with E-state index in [1.807, 2.05) is 36.4 Å². The summed E-state index contributed by atoms with van der Waals surface area (Å²) in [5.74, 6) is 0.945. The van der Waals surface area contributed by atoms with E-state index in [1.165, 1.54) is 5.56 Å². The van der Waals surface area contributed by atoms with E-state index in [2.05, 4.69) is 31.7 Å². The molecule has 0 aliphatic rings. The van der Waals surface area contributed by atoms with E-state index in [4.69, 9.17) is 4.74 Å². The smallest absolute Gasteiger partial charge is 0.122 e. The Hall–Kier alpha value is -2.02. The number of ether oxygens (including phenoxy) is 1. The molecular formula is C16H16O. The number of rotatable bonds is 4. The normalized spacial score (nSPS) is 9.94. The van der Waals surface area contributed by atoms with Crippen molar-refractivity contribution in [3.05, 3.63) is 71.8 Å². The molecule has 0 amide bonds. The van der Waals surface area contributed by atoms with Crippen LogP contribution in [0.1, 0.15) is 16.7 Å². The summed E-state index contributed by atoms with van der Waals surface area (Å²) >= 11 is 0. The quantitative estimate of drug-likeness (QED) is 0.755. The Bertz CT molecular complexity index is 497. The molecule has 0 fully saturated rings. The van der Waals surface area contributed by atoms with Crippen molar-refractivity contribution in [1.82, 2.24) is 0 Å². The van der Waals surface area contributed by atoms with Crippen molar-refractivity contribution in [2.45, 2.75) is 13.5 Å². The maximum atomic E-state index is 5.77. The predicted octanol–water partition coefficient (Wildman–Crippen LogP) is 4.22. The largest absolute Gasteiger partial charge is 0.489 e. The molecule has 0 unspecified atom stereocenters. The summed E-state index contributed by atoms with van der Waals surface area (Å²) in [6.45, 7) is 6.39. The molecule has 0 saturated heterocycles. The first-order chi connectivity index (χ1) is 8.29. The summed E-state index contributed by atoms with van der Waals surface area (Å²) in [5.41, 5.74) is 3.46. The first kappa shape index (κ1) is 11.5. The van der Waals surface area contributed by atoms with Gasteiger partial charge < -0.3 is 4.74 Å². The zero-order chi connectivity index (χ0) is 12.1. The van der Waals surface area contributed by atoms with Crippen molar-refractivity contribution >= 4 is 6.08 Å². The Morgan fingerprint density at radius 1 is 1.06 bits per heavy atom. The van der Waals surface area contributed by atoms with Crippen LogP contribution in [0.15, 0.2) is 55.1 Å². The Morgan fingerprint density at radius 3 is 2.41 bits per heavy atom. The second-order valence-electron chi connectivity index (χ2n) is 4.00. The Labute approximate surface area is 102 Å². The van der Waals surface area contributed by atoms with Crippen LogP contribution >= 0.6 is 0 Å². The van der Waals surface area contributed by atoms with Crippen LogP contribution in [0.25, 0.3) is 6.08 Å². The van der Waals surface area contributed by atoms with E-state index in [-0.39, 0.29) is 0 Å². The molecule has 0 atom stereocenters. The van der Waals surface area contributed by atoms with E-state index in [9.17, 15) is 0 Å². The van der Waals surface area contributed by atoms with Gasteiger partial charge in [0.1, 0.15) is 12.4 Å². The van der Waals surface area contributed by atoms with Crippen molar-refractivity contribution in [3.8, 4) is 5.75 Å². The fourth-order valence-electron chi connectivity index (χ4n) is 1.63. The van der Waals surface area contributed by atoms with Crippen molar-refractivity contribution in [2.75, 3.05) is 0 Å². The summed E-state index contributed by atoms with van der Waals surface area (Å²) in [6.07, 6.45) is 1.84. The average molecular weight is 224 g/mol. The minimum Gasteiger partial charge on any atom is -0.489 e. The van der Waals surface area contributed by atoms with E-state index in [0.29, 0.717) is 6.61 Å². The van der Waals surface area contributed by atoms with Gasteiger partial charge in [-0.05, 0) is 29.7 Å². The number of aryl methyl sites for hydroxylation is 1. The SMILES string of the molecule is C=Cc1ccc(COc2ccccc2C)cc1. The van der Waals surface area contributed by atoms with Crippen LogP contribution in [0.5, 0.6) is 5.75 Å². The third kappa shape index (κ3) is 2.97. The average Bonchev–Trinajstić information content (AvgIpc) is 2.38. The van der Waals surface area contributed by atoms with E-state index >= 15 is 0 Å². The molecule has 0 aliphatic carbocycles. The van der Waals surface area contributed by atoms with Gasteiger partial charge in [0.25, 0.3) is 0 Å². The highest BCUT2D eigenvalue weighted by molar-refractivity contribution is 5.47. The lowest BCUT2D eigenvalue weighted by atomic mass is 10.1. The zero-order valence-electron chi connectivity index (χ0n) is 10.0. The van der Waals surface area contributed by atoms with Gasteiger partial charge in [0, 0.05) is 0 Å². The first-order valence-corrected chi connectivity index (χ1v) is 5.69. The maximum absolute atomic E-state index is 5.77. The van der Waals surface area contributed by atoms with Crippen molar-refractivity contribution in [3.63, 3.8) is 0 Å². The molecule has 17 heavy (non-hydrogen) atoms. The molecule has 0 spiro atoms. The second kappa shape index (κ2) is 5.35. The highest BCUT2D eigenvalue weighted by atomic mass is 16.5. The van der Waals surface area contributed by atoms with Gasteiger partial charge in [0.15, 0.2) is 0 Å². The molecule has 2 aromatic carbocycles. The minimum absolute atomic E-state index is 0.599. The van der Waals surface area contributed by atoms with Gasteiger partial charge in [0.05, 0.1) is 0 Å². The molecule has 0 bridgehead atoms. The lowest BCUT2D eigenvalue weighted by Gasteiger charge is -2.08. The summed E-state index contributed by atoms with van der Waals surface area (Å²) in [7, 11) is 0. The van der Waals surface area contributed by atoms with Crippen LogP contribution in [0.4, 0.5) is 0 Å². The monoisotopic (exact) mass is 224 g/mol. The summed E-state index contributed by atoms with van der Waals surface area (Å²) in [4.78, 5) is 0. The van der Waals surface area contributed by atoms with Gasteiger partial charge in [0.2, 0.25) is 0 Å². The molecule has 2 rings (SSSR count). The van der Waals surface area contributed by atoms with Crippen molar-refractivity contribution < 1.29 is 4.74 Å². The molecule has 0 radical (unpaired) electrons. The summed E-state index contributed by atoms with van der Waals surface area (Å²) in [6, 6.07) is 16.3. The van der Waals surface area contributed by atoms with Crippen LogP contribution < -0.4 is 4.74 Å². The Morgan fingerprint density at radius 2 is 1.76 bits per heavy atom. The van der Waals surface area contributed by atoms with Crippen LogP contribution in [0, 0.1) is 6.92 Å². The van der Waals surface area contributed by atoms with Crippen molar-refractivity contribution in [2.24, 2.45) is 0 Å². The second-order valence-corrected chi connectivity index (χ2v) is 4.00. The minimum atomic E-state index is 0.599. The molecule has 2 aromatic rings. The number of benzene rings is 2. The molecule has 0 saturated carbocycles. The molecule has 0 N–H and O–H groups in total. The fraction of sp³-hybridized carbons (Fsp3) is 0.125. The van der Waals surface area contributed by atoms with E-state index < -0.39 is 0 Å². The lowest BCUT2D eigenvalue weighted by Crippen LogP contribution is -1.96. The van der Waals surface area contributed by atoms with Gasteiger partial charge >= 0.3 is 0 Å². The van der Waals surface area contributed by atoms with Gasteiger partial charge in [-0.15, -0.1) is 0 Å². The number of hydrogen-bond acceptors (Lipinski definition) is 1.